The Bertz CT molecular complexity index is 1320. The molecule has 1 aliphatic carbocycles. The first-order chi connectivity index (χ1) is 17.9. The van der Waals surface area contributed by atoms with E-state index in [1.807, 2.05) is 0 Å². The first-order valence-electron chi connectivity index (χ1n) is 11.9. The average Bonchev–Trinajstić information content (AvgIpc) is 3.56. The molecule has 1 aliphatic heterocycles. The average molecular weight is 523 g/mol. The predicted octanol–water partition coefficient (Wildman–Crippen LogP) is 2.44. The zero-order valence-corrected chi connectivity index (χ0v) is 20.7. The number of nitrogen functional groups attached to an aromatic ring is 1. The molecule has 5 rings (SSSR count). The van der Waals surface area contributed by atoms with Crippen molar-refractivity contribution in [3.05, 3.63) is 58.9 Å². The highest BCUT2D eigenvalue weighted by Gasteiger charge is 2.37. The molecule has 1 atom stereocenters. The van der Waals surface area contributed by atoms with Gasteiger partial charge in [-0.05, 0) is 54.2 Å². The molecule has 0 spiro atoms. The van der Waals surface area contributed by atoms with E-state index in [0.717, 1.165) is 37.2 Å². The number of primary amides is 1. The third kappa shape index (κ3) is 4.92. The van der Waals surface area contributed by atoms with E-state index < -0.39 is 17.9 Å². The van der Waals surface area contributed by atoms with Gasteiger partial charge in [0, 0.05) is 30.2 Å². The maximum atomic E-state index is 14.1. The summed E-state index contributed by atoms with van der Waals surface area (Å²) in [6.45, 7) is 0.760. The summed E-state index contributed by atoms with van der Waals surface area (Å²) >= 11 is 0.755. The quantitative estimate of drug-likeness (QED) is 0.426. The van der Waals surface area contributed by atoms with Crippen LogP contribution in [0.3, 0.4) is 0 Å². The van der Waals surface area contributed by atoms with Gasteiger partial charge in [0.05, 0.1) is 5.69 Å². The van der Waals surface area contributed by atoms with Crippen molar-refractivity contribution in [1.29, 1.82) is 0 Å². The number of hydrogen-bond donors (Lipinski definition) is 3. The summed E-state index contributed by atoms with van der Waals surface area (Å²) in [5.41, 5.74) is 12.1. The minimum Gasteiger partial charge on any atom is -0.486 e. The van der Waals surface area contributed by atoms with Crippen molar-refractivity contribution in [2.24, 2.45) is 5.73 Å². The summed E-state index contributed by atoms with van der Waals surface area (Å²) in [4.78, 5) is 45.1. The summed E-state index contributed by atoms with van der Waals surface area (Å²) < 4.78 is 15.4. The van der Waals surface area contributed by atoms with E-state index in [1.54, 1.807) is 42.7 Å². The molecule has 5 N–H and O–H groups in total. The van der Waals surface area contributed by atoms with Gasteiger partial charge in [-0.15, -0.1) is 0 Å². The summed E-state index contributed by atoms with van der Waals surface area (Å²) in [6.07, 6.45) is 6.92. The summed E-state index contributed by atoms with van der Waals surface area (Å²) in [6, 6.07) is 7.32. The van der Waals surface area contributed by atoms with Crippen molar-refractivity contribution in [1.82, 2.24) is 14.7 Å². The van der Waals surface area contributed by atoms with Crippen LogP contribution in [0.15, 0.2) is 42.7 Å². The van der Waals surface area contributed by atoms with E-state index >= 15 is 0 Å². The highest BCUT2D eigenvalue weighted by molar-refractivity contribution is 7.09. The Kier molecular flexibility index (Phi) is 6.91. The minimum absolute atomic E-state index is 0.00332. The summed E-state index contributed by atoms with van der Waals surface area (Å²) in [7, 11) is 0. The molecule has 37 heavy (non-hydrogen) atoms. The van der Waals surface area contributed by atoms with Gasteiger partial charge in [-0.3, -0.25) is 24.3 Å². The molecular weight excluding hydrogens is 496 g/mol. The lowest BCUT2D eigenvalue weighted by Gasteiger charge is -2.32. The lowest BCUT2D eigenvalue weighted by Crippen LogP contribution is -2.46. The number of nitrogens with one attached hydrogen (secondary N) is 1. The second-order valence-electron chi connectivity index (χ2n) is 8.81. The number of aromatic nitrogens is 2. The molecule has 11 nitrogen and oxygen atoms in total. The number of rotatable bonds is 7. The Hall–Kier alpha value is -4.19. The van der Waals surface area contributed by atoms with Crippen molar-refractivity contribution < 1.29 is 23.9 Å². The Labute approximate surface area is 216 Å². The van der Waals surface area contributed by atoms with Crippen LogP contribution in [0.5, 0.6) is 11.5 Å². The van der Waals surface area contributed by atoms with Crippen LogP contribution < -0.4 is 31.2 Å². The van der Waals surface area contributed by atoms with Crippen LogP contribution in [-0.4, -0.2) is 46.3 Å². The number of anilines is 2. The lowest BCUT2D eigenvalue weighted by molar-refractivity contribution is -0.123. The maximum Gasteiger partial charge on any atom is 0.273 e. The van der Waals surface area contributed by atoms with E-state index in [0.29, 0.717) is 36.0 Å². The minimum atomic E-state index is -1.07. The smallest absolute Gasteiger partial charge is 0.273 e. The normalized spacial score (nSPS) is 15.7. The van der Waals surface area contributed by atoms with Gasteiger partial charge < -0.3 is 26.3 Å². The van der Waals surface area contributed by atoms with Crippen molar-refractivity contribution in [2.45, 2.75) is 37.8 Å². The van der Waals surface area contributed by atoms with E-state index in [1.165, 1.54) is 4.90 Å². The molecule has 0 bridgehead atoms. The van der Waals surface area contributed by atoms with Crippen LogP contribution in [0.2, 0.25) is 0 Å². The van der Waals surface area contributed by atoms with Gasteiger partial charge in [0.2, 0.25) is 5.91 Å². The lowest BCUT2D eigenvalue weighted by atomic mass is 10.0. The molecule has 1 unspecified atom stereocenters. The van der Waals surface area contributed by atoms with Crippen LogP contribution >= 0.6 is 11.5 Å². The zero-order valence-electron chi connectivity index (χ0n) is 19.9. The Balaban J connectivity index is 1.63. The van der Waals surface area contributed by atoms with E-state index in [9.17, 15) is 14.4 Å². The topological polar surface area (TPSA) is 163 Å². The van der Waals surface area contributed by atoms with Crippen LogP contribution in [-0.2, 0) is 4.79 Å². The van der Waals surface area contributed by atoms with Gasteiger partial charge in [-0.25, -0.2) is 0 Å². The molecule has 2 aliphatic rings. The number of amides is 3. The van der Waals surface area contributed by atoms with E-state index in [4.69, 9.17) is 20.9 Å². The number of pyridine rings is 1. The second kappa shape index (κ2) is 10.4. The Morgan fingerprint density at radius 2 is 1.76 bits per heavy atom. The molecular formula is C25H26N6O5S. The van der Waals surface area contributed by atoms with Gasteiger partial charge in [-0.1, -0.05) is 12.8 Å². The van der Waals surface area contributed by atoms with Crippen LogP contribution in [0, 0.1) is 0 Å². The number of ether oxygens (including phenoxy) is 2. The molecule has 1 fully saturated rings. The fourth-order valence-corrected chi connectivity index (χ4v) is 5.36. The molecule has 3 aromatic rings. The zero-order chi connectivity index (χ0) is 25.9. The Morgan fingerprint density at radius 3 is 2.43 bits per heavy atom. The molecule has 1 saturated carbocycles. The molecule has 3 heterocycles. The van der Waals surface area contributed by atoms with Crippen LogP contribution in [0.1, 0.15) is 57.4 Å². The van der Waals surface area contributed by atoms with Crippen LogP contribution in [0.4, 0.5) is 11.4 Å². The number of nitrogens with zero attached hydrogens (tertiary/aromatic N) is 3. The van der Waals surface area contributed by atoms with E-state index in [2.05, 4.69) is 14.7 Å². The number of fused-ring (bicyclic) bond motifs is 1. The molecule has 0 saturated heterocycles. The van der Waals surface area contributed by atoms with Crippen molar-refractivity contribution in [3.8, 4) is 11.5 Å². The van der Waals surface area contributed by atoms with Gasteiger partial charge in [0.15, 0.2) is 17.2 Å². The predicted molar refractivity (Wildman–Crippen MR) is 137 cm³/mol. The fraction of sp³-hybridized carbons (Fsp3) is 0.320. The number of carbonyl (C=O) groups is 3. The molecule has 2 aromatic heterocycles. The summed E-state index contributed by atoms with van der Waals surface area (Å²) in [5, 5.41) is 3.11. The highest BCUT2D eigenvalue weighted by Crippen LogP contribution is 2.39. The largest absolute Gasteiger partial charge is 0.486 e. The number of nitrogens with two attached hydrogens (primary N) is 2. The number of benzene rings is 1. The van der Waals surface area contributed by atoms with Crippen molar-refractivity contribution in [3.63, 3.8) is 0 Å². The van der Waals surface area contributed by atoms with Gasteiger partial charge in [-0.2, -0.15) is 4.37 Å². The van der Waals surface area contributed by atoms with Gasteiger partial charge in [0.25, 0.3) is 11.8 Å². The third-order valence-electron chi connectivity index (χ3n) is 6.41. The van der Waals surface area contributed by atoms with Gasteiger partial charge >= 0.3 is 0 Å². The molecule has 192 valence electrons. The summed E-state index contributed by atoms with van der Waals surface area (Å²) in [5.74, 6) is -0.821. The second-order valence-corrected chi connectivity index (χ2v) is 9.59. The number of hydrogen-bond acceptors (Lipinski definition) is 9. The Morgan fingerprint density at radius 1 is 1.05 bits per heavy atom. The molecule has 0 radical (unpaired) electrons. The molecule has 3 amide bonds. The monoisotopic (exact) mass is 522 g/mol. The SMILES string of the molecule is NC(=O)c1nsc(C(=O)N(c2ccc3c(c2)OCCO3)C(C(=O)NC2CCCC2)c2ccncc2)c1N. The molecule has 1 aromatic carbocycles. The first-order valence-corrected chi connectivity index (χ1v) is 12.7. The molecule has 12 heteroatoms. The fourth-order valence-electron chi connectivity index (χ4n) is 4.62. The number of carbonyl (C=O) groups excluding carboxylic acids is 3. The van der Waals surface area contributed by atoms with Crippen molar-refractivity contribution >= 4 is 40.6 Å². The highest BCUT2D eigenvalue weighted by atomic mass is 32.1. The van der Waals surface area contributed by atoms with E-state index in [-0.39, 0.29) is 28.2 Å². The first kappa shape index (κ1) is 24.5. The standard InChI is InChI=1S/C25H26N6O5S/c26-19-20(23(27)32)30-37-22(19)25(34)31(16-5-6-17-18(13-16)36-12-11-35-17)21(14-7-9-28-10-8-14)24(33)29-15-3-1-2-4-15/h5-10,13,15,21H,1-4,11-12,26H2,(H2,27,32)(H,29,33). The maximum absolute atomic E-state index is 14.1. The van der Waals surface area contributed by atoms with Gasteiger partial charge in [0.1, 0.15) is 24.1 Å². The third-order valence-corrected chi connectivity index (χ3v) is 7.26. The van der Waals surface area contributed by atoms with Crippen LogP contribution in [0.25, 0.3) is 0 Å². The van der Waals surface area contributed by atoms with Crippen molar-refractivity contribution in [2.75, 3.05) is 23.8 Å².